The summed E-state index contributed by atoms with van der Waals surface area (Å²) in [6.45, 7) is 1.99. The summed E-state index contributed by atoms with van der Waals surface area (Å²) in [7, 11) is 1.74. The number of nitrogen functional groups attached to an aromatic ring is 1. The van der Waals surface area contributed by atoms with Gasteiger partial charge in [-0.2, -0.15) is 0 Å². The lowest BCUT2D eigenvalue weighted by atomic mass is 10.0. The Labute approximate surface area is 94.1 Å². The quantitative estimate of drug-likeness (QED) is 0.737. The third-order valence-electron chi connectivity index (χ3n) is 2.67. The number of benzene rings is 1. The lowest BCUT2D eigenvalue weighted by Gasteiger charge is -2.07. The lowest BCUT2D eigenvalue weighted by Crippen LogP contribution is -2.14. The Morgan fingerprint density at radius 3 is 2.56 bits per heavy atom. The highest BCUT2D eigenvalue weighted by atomic mass is 16.1. The van der Waals surface area contributed by atoms with Crippen LogP contribution in [0.2, 0.25) is 0 Å². The van der Waals surface area contributed by atoms with Gasteiger partial charge < -0.3 is 10.3 Å². The summed E-state index contributed by atoms with van der Waals surface area (Å²) < 4.78 is 1.55. The van der Waals surface area contributed by atoms with Crippen LogP contribution in [0.3, 0.4) is 0 Å². The van der Waals surface area contributed by atoms with Crippen molar-refractivity contribution >= 4 is 5.69 Å². The Hall–Kier alpha value is -2.03. The highest BCUT2D eigenvalue weighted by molar-refractivity contribution is 5.69. The summed E-state index contributed by atoms with van der Waals surface area (Å²) in [4.78, 5) is 11.5. The fourth-order valence-electron chi connectivity index (χ4n) is 1.73. The molecule has 2 rings (SSSR count). The maximum atomic E-state index is 11.5. The fourth-order valence-corrected chi connectivity index (χ4v) is 1.73. The number of nitrogens with zero attached hydrogens (tertiary/aromatic N) is 1. The van der Waals surface area contributed by atoms with E-state index >= 15 is 0 Å². The van der Waals surface area contributed by atoms with Gasteiger partial charge in [0.25, 0.3) is 5.56 Å². The van der Waals surface area contributed by atoms with Crippen molar-refractivity contribution < 1.29 is 0 Å². The van der Waals surface area contributed by atoms with Crippen LogP contribution in [0.4, 0.5) is 5.69 Å². The molecule has 3 heteroatoms. The molecule has 82 valence electrons. The molecule has 0 saturated carbocycles. The fraction of sp³-hybridized carbons (Fsp3) is 0.154. The lowest BCUT2D eigenvalue weighted by molar-refractivity contribution is 0.861. The molecule has 0 bridgehead atoms. The summed E-state index contributed by atoms with van der Waals surface area (Å²) in [5, 5.41) is 0. The number of aryl methyl sites for hydroxylation is 2. The van der Waals surface area contributed by atoms with Crippen LogP contribution in [0.15, 0.2) is 41.3 Å². The zero-order chi connectivity index (χ0) is 11.7. The standard InChI is InChI=1S/C13H14N2O/c1-9-7-11(14)3-4-12(9)10-5-6-15(2)13(16)8-10/h3-8H,14H2,1-2H3. The summed E-state index contributed by atoms with van der Waals surface area (Å²) >= 11 is 0. The van der Waals surface area contributed by atoms with E-state index in [1.807, 2.05) is 31.2 Å². The Morgan fingerprint density at radius 1 is 1.19 bits per heavy atom. The van der Waals surface area contributed by atoms with Crippen LogP contribution in [0.5, 0.6) is 0 Å². The summed E-state index contributed by atoms with van der Waals surface area (Å²) in [5.41, 5.74) is 9.49. The van der Waals surface area contributed by atoms with E-state index in [-0.39, 0.29) is 5.56 Å². The number of aromatic nitrogens is 1. The van der Waals surface area contributed by atoms with Crippen molar-refractivity contribution in [1.29, 1.82) is 0 Å². The van der Waals surface area contributed by atoms with Gasteiger partial charge in [0.2, 0.25) is 0 Å². The molecule has 0 aliphatic carbocycles. The normalized spacial score (nSPS) is 10.4. The molecule has 1 aromatic heterocycles. The highest BCUT2D eigenvalue weighted by Gasteiger charge is 2.03. The second-order valence-corrected chi connectivity index (χ2v) is 3.94. The number of hydrogen-bond donors (Lipinski definition) is 1. The molecule has 0 unspecified atom stereocenters. The topological polar surface area (TPSA) is 48.0 Å². The minimum absolute atomic E-state index is 0.00581. The van der Waals surface area contributed by atoms with Crippen LogP contribution in [-0.4, -0.2) is 4.57 Å². The van der Waals surface area contributed by atoms with Crippen molar-refractivity contribution in [3.8, 4) is 11.1 Å². The predicted octanol–water partition coefficient (Wildman–Crippen LogP) is 1.94. The first-order valence-electron chi connectivity index (χ1n) is 5.11. The predicted molar refractivity (Wildman–Crippen MR) is 66.3 cm³/mol. The largest absolute Gasteiger partial charge is 0.399 e. The molecule has 1 aromatic carbocycles. The number of rotatable bonds is 1. The van der Waals surface area contributed by atoms with Crippen molar-refractivity contribution in [3.63, 3.8) is 0 Å². The van der Waals surface area contributed by atoms with Gasteiger partial charge in [-0.25, -0.2) is 0 Å². The Morgan fingerprint density at radius 2 is 1.94 bits per heavy atom. The average molecular weight is 214 g/mol. The van der Waals surface area contributed by atoms with Gasteiger partial charge in [-0.3, -0.25) is 4.79 Å². The molecule has 0 aliphatic rings. The maximum Gasteiger partial charge on any atom is 0.250 e. The Bertz CT molecular complexity index is 585. The molecule has 3 nitrogen and oxygen atoms in total. The first kappa shape index (κ1) is 10.5. The van der Waals surface area contributed by atoms with Crippen molar-refractivity contribution in [1.82, 2.24) is 4.57 Å². The molecule has 16 heavy (non-hydrogen) atoms. The maximum absolute atomic E-state index is 11.5. The van der Waals surface area contributed by atoms with Gasteiger partial charge in [-0.05, 0) is 41.8 Å². The number of hydrogen-bond acceptors (Lipinski definition) is 2. The molecule has 0 amide bonds. The molecule has 0 fully saturated rings. The van der Waals surface area contributed by atoms with Crippen molar-refractivity contribution in [2.45, 2.75) is 6.92 Å². The SMILES string of the molecule is Cc1cc(N)ccc1-c1ccn(C)c(=O)c1. The van der Waals surface area contributed by atoms with Crippen LogP contribution in [0.1, 0.15) is 5.56 Å². The van der Waals surface area contributed by atoms with Gasteiger partial charge >= 0.3 is 0 Å². The monoisotopic (exact) mass is 214 g/mol. The molecule has 0 radical (unpaired) electrons. The van der Waals surface area contributed by atoms with E-state index in [1.54, 1.807) is 23.9 Å². The second kappa shape index (κ2) is 3.85. The van der Waals surface area contributed by atoms with Crippen LogP contribution < -0.4 is 11.3 Å². The van der Waals surface area contributed by atoms with Gasteiger partial charge in [0.15, 0.2) is 0 Å². The van der Waals surface area contributed by atoms with E-state index in [0.717, 1.165) is 22.4 Å². The van der Waals surface area contributed by atoms with E-state index in [4.69, 9.17) is 5.73 Å². The van der Waals surface area contributed by atoms with Gasteiger partial charge in [-0.15, -0.1) is 0 Å². The van der Waals surface area contributed by atoms with E-state index in [1.165, 1.54) is 0 Å². The molecular weight excluding hydrogens is 200 g/mol. The minimum Gasteiger partial charge on any atom is -0.399 e. The average Bonchev–Trinajstić information content (AvgIpc) is 2.22. The zero-order valence-corrected chi connectivity index (χ0v) is 9.40. The van der Waals surface area contributed by atoms with Gasteiger partial charge in [0.1, 0.15) is 0 Å². The van der Waals surface area contributed by atoms with Crippen molar-refractivity contribution in [2.24, 2.45) is 7.05 Å². The zero-order valence-electron chi connectivity index (χ0n) is 9.40. The van der Waals surface area contributed by atoms with Crippen LogP contribution in [-0.2, 0) is 7.05 Å². The molecular formula is C13H14N2O. The van der Waals surface area contributed by atoms with Crippen LogP contribution >= 0.6 is 0 Å². The molecule has 0 saturated heterocycles. The van der Waals surface area contributed by atoms with E-state index in [9.17, 15) is 4.79 Å². The third kappa shape index (κ3) is 1.84. The van der Waals surface area contributed by atoms with E-state index < -0.39 is 0 Å². The summed E-state index contributed by atoms with van der Waals surface area (Å²) in [6.07, 6.45) is 1.77. The molecule has 1 heterocycles. The summed E-state index contributed by atoms with van der Waals surface area (Å²) in [5.74, 6) is 0. The number of pyridine rings is 1. The summed E-state index contributed by atoms with van der Waals surface area (Å²) in [6, 6.07) is 9.27. The van der Waals surface area contributed by atoms with Crippen molar-refractivity contribution in [3.05, 3.63) is 52.4 Å². The van der Waals surface area contributed by atoms with Crippen molar-refractivity contribution in [2.75, 3.05) is 5.73 Å². The van der Waals surface area contributed by atoms with E-state index in [0.29, 0.717) is 0 Å². The first-order chi connectivity index (χ1) is 7.58. The molecule has 0 spiro atoms. The highest BCUT2D eigenvalue weighted by Crippen LogP contribution is 2.23. The molecule has 0 aliphatic heterocycles. The van der Waals surface area contributed by atoms with Gasteiger partial charge in [0.05, 0.1) is 0 Å². The molecule has 2 aromatic rings. The number of nitrogens with two attached hydrogens (primary N) is 1. The molecule has 0 atom stereocenters. The smallest absolute Gasteiger partial charge is 0.250 e. The Kier molecular flexibility index (Phi) is 2.52. The minimum atomic E-state index is -0.00581. The van der Waals surface area contributed by atoms with E-state index in [2.05, 4.69) is 0 Å². The molecule has 2 N–H and O–H groups in total. The number of anilines is 1. The van der Waals surface area contributed by atoms with Gasteiger partial charge in [0, 0.05) is 25.0 Å². The second-order valence-electron chi connectivity index (χ2n) is 3.94. The van der Waals surface area contributed by atoms with Crippen LogP contribution in [0, 0.1) is 6.92 Å². The van der Waals surface area contributed by atoms with Gasteiger partial charge in [-0.1, -0.05) is 6.07 Å². The Balaban J connectivity index is 2.59. The first-order valence-corrected chi connectivity index (χ1v) is 5.11. The van der Waals surface area contributed by atoms with Crippen LogP contribution in [0.25, 0.3) is 11.1 Å². The third-order valence-corrected chi connectivity index (χ3v) is 2.67.